The summed E-state index contributed by atoms with van der Waals surface area (Å²) in [6, 6.07) is 14.3. The molecule has 0 aliphatic carbocycles. The first-order valence-corrected chi connectivity index (χ1v) is 6.20. The number of hydrogen-bond donors (Lipinski definition) is 1. The molecule has 2 aromatic carbocycles. The molecule has 20 heavy (non-hydrogen) atoms. The number of halogens is 2. The molecule has 0 saturated carbocycles. The first-order valence-electron chi connectivity index (χ1n) is 5.82. The van der Waals surface area contributed by atoms with Gasteiger partial charge < -0.3 is 5.32 Å². The Morgan fingerprint density at radius 3 is 2.60 bits per heavy atom. The summed E-state index contributed by atoms with van der Waals surface area (Å²) in [5, 5.41) is 11.8. The van der Waals surface area contributed by atoms with Gasteiger partial charge in [-0.15, -0.1) is 0 Å². The third-order valence-corrected chi connectivity index (χ3v) is 2.95. The van der Waals surface area contributed by atoms with Crippen molar-refractivity contribution in [2.45, 2.75) is 5.92 Å². The van der Waals surface area contributed by atoms with Gasteiger partial charge in [0.15, 0.2) is 5.92 Å². The number of carbonyl (C=O) groups is 1. The molecule has 1 amide bonds. The van der Waals surface area contributed by atoms with Gasteiger partial charge in [-0.25, -0.2) is 4.39 Å². The van der Waals surface area contributed by atoms with Crippen LogP contribution in [-0.2, 0) is 4.79 Å². The smallest absolute Gasteiger partial charge is 0.246 e. The van der Waals surface area contributed by atoms with E-state index in [0.29, 0.717) is 10.6 Å². The highest BCUT2D eigenvalue weighted by Gasteiger charge is 2.21. The number of benzene rings is 2. The minimum absolute atomic E-state index is 0.0429. The van der Waals surface area contributed by atoms with Crippen molar-refractivity contribution in [2.75, 3.05) is 5.32 Å². The monoisotopic (exact) mass is 288 g/mol. The van der Waals surface area contributed by atoms with E-state index in [2.05, 4.69) is 5.32 Å². The molecule has 3 nitrogen and oxygen atoms in total. The maximum atomic E-state index is 13.5. The van der Waals surface area contributed by atoms with Crippen LogP contribution in [0.3, 0.4) is 0 Å². The number of amides is 1. The Labute approximate surface area is 120 Å². The number of carbonyl (C=O) groups excluding carboxylic acids is 1. The van der Waals surface area contributed by atoms with Gasteiger partial charge in [0, 0.05) is 5.02 Å². The molecule has 0 bridgehead atoms. The normalized spacial score (nSPS) is 11.4. The van der Waals surface area contributed by atoms with Crippen LogP contribution in [0.5, 0.6) is 0 Å². The van der Waals surface area contributed by atoms with E-state index < -0.39 is 17.6 Å². The molecule has 0 saturated heterocycles. The van der Waals surface area contributed by atoms with E-state index in [1.165, 1.54) is 12.1 Å². The number of nitrogens with zero attached hydrogens (tertiary/aromatic N) is 1. The van der Waals surface area contributed by atoms with Crippen LogP contribution in [0.2, 0.25) is 5.02 Å². The molecule has 2 rings (SSSR count). The second-order valence-corrected chi connectivity index (χ2v) is 4.52. The molecular formula is C15H10ClFN2O. The summed E-state index contributed by atoms with van der Waals surface area (Å²) in [5.41, 5.74) is 0.508. The molecular weight excluding hydrogens is 279 g/mol. The van der Waals surface area contributed by atoms with Crippen LogP contribution in [-0.4, -0.2) is 5.91 Å². The molecule has 1 N–H and O–H groups in total. The molecule has 100 valence electrons. The molecule has 0 aliphatic rings. The van der Waals surface area contributed by atoms with Crippen molar-refractivity contribution >= 4 is 23.2 Å². The molecule has 2 aromatic rings. The zero-order valence-corrected chi connectivity index (χ0v) is 11.1. The third-order valence-electron chi connectivity index (χ3n) is 2.71. The predicted molar refractivity (Wildman–Crippen MR) is 74.8 cm³/mol. The van der Waals surface area contributed by atoms with E-state index in [1.807, 2.05) is 6.07 Å². The Morgan fingerprint density at radius 2 is 1.95 bits per heavy atom. The first-order chi connectivity index (χ1) is 9.61. The fourth-order valence-corrected chi connectivity index (χ4v) is 1.90. The van der Waals surface area contributed by atoms with Crippen LogP contribution in [0.25, 0.3) is 0 Å². The minimum Gasteiger partial charge on any atom is -0.322 e. The number of hydrogen-bond acceptors (Lipinski definition) is 2. The van der Waals surface area contributed by atoms with Crippen LogP contribution in [0, 0.1) is 17.1 Å². The molecule has 5 heteroatoms. The SMILES string of the molecule is N#CC(C(=O)Nc1cc(Cl)ccc1F)c1ccccc1. The predicted octanol–water partition coefficient (Wildman–Crippen LogP) is 3.72. The maximum Gasteiger partial charge on any atom is 0.246 e. The lowest BCUT2D eigenvalue weighted by atomic mass is 10.00. The fourth-order valence-electron chi connectivity index (χ4n) is 1.73. The Kier molecular flexibility index (Phi) is 4.34. The summed E-state index contributed by atoms with van der Waals surface area (Å²) in [6.45, 7) is 0. The average Bonchev–Trinajstić information content (AvgIpc) is 2.45. The van der Waals surface area contributed by atoms with E-state index in [9.17, 15) is 9.18 Å². The van der Waals surface area contributed by atoms with Gasteiger partial charge in [0.2, 0.25) is 5.91 Å². The highest BCUT2D eigenvalue weighted by atomic mass is 35.5. The van der Waals surface area contributed by atoms with E-state index in [-0.39, 0.29) is 5.69 Å². The van der Waals surface area contributed by atoms with Gasteiger partial charge in [0.05, 0.1) is 11.8 Å². The van der Waals surface area contributed by atoms with Crippen molar-refractivity contribution in [2.24, 2.45) is 0 Å². The fraction of sp³-hybridized carbons (Fsp3) is 0.0667. The standard InChI is InChI=1S/C15H10ClFN2O/c16-11-6-7-13(17)14(8-11)19-15(20)12(9-18)10-4-2-1-3-5-10/h1-8,12H,(H,19,20). The van der Waals surface area contributed by atoms with Crippen LogP contribution < -0.4 is 5.32 Å². The van der Waals surface area contributed by atoms with Crippen LogP contribution in [0.1, 0.15) is 11.5 Å². The van der Waals surface area contributed by atoms with E-state index in [0.717, 1.165) is 6.07 Å². The van der Waals surface area contributed by atoms with E-state index in [4.69, 9.17) is 16.9 Å². The summed E-state index contributed by atoms with van der Waals surface area (Å²) in [4.78, 5) is 12.1. The molecule has 0 aliphatic heterocycles. The minimum atomic E-state index is -1.01. The summed E-state index contributed by atoms with van der Waals surface area (Å²) in [7, 11) is 0. The van der Waals surface area contributed by atoms with Crippen molar-refractivity contribution in [3.8, 4) is 6.07 Å². The maximum absolute atomic E-state index is 13.5. The van der Waals surface area contributed by atoms with E-state index in [1.54, 1.807) is 30.3 Å². The van der Waals surface area contributed by atoms with Crippen molar-refractivity contribution in [3.05, 3.63) is 64.9 Å². The molecule has 0 aromatic heterocycles. The summed E-state index contributed by atoms with van der Waals surface area (Å²) >= 11 is 5.75. The molecule has 1 atom stereocenters. The number of anilines is 1. The Bertz CT molecular complexity index is 667. The Morgan fingerprint density at radius 1 is 1.25 bits per heavy atom. The van der Waals surface area contributed by atoms with Gasteiger partial charge in [0.25, 0.3) is 0 Å². The second kappa shape index (κ2) is 6.18. The highest BCUT2D eigenvalue weighted by Crippen LogP contribution is 2.22. The highest BCUT2D eigenvalue weighted by molar-refractivity contribution is 6.30. The van der Waals surface area contributed by atoms with Crippen molar-refractivity contribution in [3.63, 3.8) is 0 Å². The van der Waals surface area contributed by atoms with Gasteiger partial charge >= 0.3 is 0 Å². The average molecular weight is 289 g/mol. The lowest BCUT2D eigenvalue weighted by Gasteiger charge is -2.11. The lowest BCUT2D eigenvalue weighted by Crippen LogP contribution is -2.20. The van der Waals surface area contributed by atoms with Gasteiger partial charge in [-0.1, -0.05) is 41.9 Å². The van der Waals surface area contributed by atoms with Crippen molar-refractivity contribution in [1.29, 1.82) is 5.26 Å². The van der Waals surface area contributed by atoms with E-state index >= 15 is 0 Å². The molecule has 0 radical (unpaired) electrons. The summed E-state index contributed by atoms with van der Waals surface area (Å²) in [5.74, 6) is -2.21. The zero-order chi connectivity index (χ0) is 14.5. The Hall–Kier alpha value is -2.38. The number of nitrogens with one attached hydrogen (secondary N) is 1. The van der Waals surface area contributed by atoms with Crippen LogP contribution >= 0.6 is 11.6 Å². The topological polar surface area (TPSA) is 52.9 Å². The van der Waals surface area contributed by atoms with Gasteiger partial charge in [-0.2, -0.15) is 5.26 Å². The van der Waals surface area contributed by atoms with Crippen molar-refractivity contribution < 1.29 is 9.18 Å². The molecule has 0 fully saturated rings. The molecule has 0 spiro atoms. The Balaban J connectivity index is 2.23. The van der Waals surface area contributed by atoms with Crippen molar-refractivity contribution in [1.82, 2.24) is 0 Å². The zero-order valence-electron chi connectivity index (χ0n) is 10.3. The van der Waals surface area contributed by atoms with Crippen LogP contribution in [0.4, 0.5) is 10.1 Å². The largest absolute Gasteiger partial charge is 0.322 e. The third kappa shape index (κ3) is 3.14. The quantitative estimate of drug-likeness (QED) is 0.935. The number of nitriles is 1. The first kappa shape index (κ1) is 14.0. The van der Waals surface area contributed by atoms with Gasteiger partial charge in [0.1, 0.15) is 5.82 Å². The molecule has 0 heterocycles. The lowest BCUT2D eigenvalue weighted by molar-refractivity contribution is -0.116. The van der Waals surface area contributed by atoms with Gasteiger partial charge in [-0.3, -0.25) is 4.79 Å². The van der Waals surface area contributed by atoms with Gasteiger partial charge in [-0.05, 0) is 23.8 Å². The summed E-state index contributed by atoms with van der Waals surface area (Å²) in [6.07, 6.45) is 0. The summed E-state index contributed by atoms with van der Waals surface area (Å²) < 4.78 is 13.5. The second-order valence-electron chi connectivity index (χ2n) is 4.09. The van der Waals surface area contributed by atoms with Crippen LogP contribution in [0.15, 0.2) is 48.5 Å². The molecule has 1 unspecified atom stereocenters. The number of rotatable bonds is 3.